The molecular weight excluding hydrogens is 236 g/mol. The molecule has 1 aliphatic rings. The summed E-state index contributed by atoms with van der Waals surface area (Å²) in [5, 5.41) is 12.2. The molecule has 0 spiro atoms. The van der Waals surface area contributed by atoms with Gasteiger partial charge >= 0.3 is 0 Å². The van der Waals surface area contributed by atoms with E-state index in [4.69, 9.17) is 5.26 Å². The number of likely N-dealkylation sites (tertiary alicyclic amines) is 1. The second-order valence-electron chi connectivity index (χ2n) is 5.41. The highest BCUT2D eigenvalue weighted by atomic mass is 15.2. The summed E-state index contributed by atoms with van der Waals surface area (Å²) in [6.07, 6.45) is 1.83. The van der Waals surface area contributed by atoms with Crippen molar-refractivity contribution >= 4 is 5.82 Å². The van der Waals surface area contributed by atoms with E-state index >= 15 is 0 Å². The first-order chi connectivity index (χ1) is 9.19. The largest absolute Gasteiger partial charge is 0.370 e. The number of rotatable bonds is 5. The Kier molecular flexibility index (Phi) is 4.75. The van der Waals surface area contributed by atoms with E-state index in [-0.39, 0.29) is 0 Å². The van der Waals surface area contributed by atoms with Crippen molar-refractivity contribution in [3.63, 3.8) is 0 Å². The van der Waals surface area contributed by atoms with E-state index in [1.165, 1.54) is 6.42 Å². The molecule has 0 radical (unpaired) electrons. The fourth-order valence-corrected chi connectivity index (χ4v) is 2.58. The number of nitrogens with zero attached hydrogens (tertiary/aromatic N) is 3. The van der Waals surface area contributed by atoms with E-state index in [1.807, 2.05) is 25.1 Å². The van der Waals surface area contributed by atoms with E-state index in [1.54, 1.807) is 0 Å². The van der Waals surface area contributed by atoms with Crippen LogP contribution >= 0.6 is 0 Å². The predicted octanol–water partition coefficient (Wildman–Crippen LogP) is 2.43. The second kappa shape index (κ2) is 6.53. The average Bonchev–Trinajstić information content (AvgIpc) is 2.86. The maximum absolute atomic E-state index is 8.74. The first-order valence-electron chi connectivity index (χ1n) is 6.97. The zero-order valence-corrected chi connectivity index (χ0v) is 11.8. The minimum absolute atomic E-state index is 0.382. The zero-order valence-electron chi connectivity index (χ0n) is 11.8. The maximum Gasteiger partial charge on any atom is 0.126 e. The van der Waals surface area contributed by atoms with Gasteiger partial charge in [-0.15, -0.1) is 0 Å². The van der Waals surface area contributed by atoms with Crippen molar-refractivity contribution in [3.8, 4) is 6.07 Å². The number of pyridine rings is 1. The van der Waals surface area contributed by atoms with Crippen LogP contribution in [0, 0.1) is 24.2 Å². The Balaban J connectivity index is 1.78. The van der Waals surface area contributed by atoms with Crippen LogP contribution in [0.4, 0.5) is 5.82 Å². The Morgan fingerprint density at radius 1 is 1.58 bits per heavy atom. The van der Waals surface area contributed by atoms with Crippen molar-refractivity contribution in [2.75, 3.05) is 25.0 Å². The number of aryl methyl sites for hydroxylation is 1. The number of nitriles is 1. The molecule has 0 aliphatic carbocycles. The van der Waals surface area contributed by atoms with Crippen LogP contribution in [0.25, 0.3) is 0 Å². The van der Waals surface area contributed by atoms with E-state index in [0.29, 0.717) is 18.4 Å². The molecule has 0 aromatic carbocycles. The Morgan fingerprint density at radius 3 is 3.16 bits per heavy atom. The quantitative estimate of drug-likeness (QED) is 0.881. The van der Waals surface area contributed by atoms with Crippen LogP contribution in [0.2, 0.25) is 0 Å². The zero-order chi connectivity index (χ0) is 13.7. The van der Waals surface area contributed by atoms with Crippen LogP contribution in [0.1, 0.15) is 25.5 Å². The molecule has 2 unspecified atom stereocenters. The van der Waals surface area contributed by atoms with Gasteiger partial charge in [0.1, 0.15) is 5.82 Å². The van der Waals surface area contributed by atoms with E-state index in [0.717, 1.165) is 31.1 Å². The molecule has 1 aliphatic heterocycles. The maximum atomic E-state index is 8.74. The van der Waals surface area contributed by atoms with E-state index in [2.05, 4.69) is 28.2 Å². The van der Waals surface area contributed by atoms with Crippen LogP contribution in [0.15, 0.2) is 18.2 Å². The Hall–Kier alpha value is -1.60. The molecular formula is C15H22N4. The lowest BCUT2D eigenvalue weighted by Crippen LogP contribution is -2.31. The summed E-state index contributed by atoms with van der Waals surface area (Å²) < 4.78 is 0. The Morgan fingerprint density at radius 2 is 2.42 bits per heavy atom. The molecule has 4 heteroatoms. The molecule has 19 heavy (non-hydrogen) atoms. The average molecular weight is 258 g/mol. The summed E-state index contributed by atoms with van der Waals surface area (Å²) in [4.78, 5) is 6.87. The predicted molar refractivity (Wildman–Crippen MR) is 76.8 cm³/mol. The highest BCUT2D eigenvalue weighted by Gasteiger charge is 2.25. The third kappa shape index (κ3) is 3.93. The van der Waals surface area contributed by atoms with Crippen molar-refractivity contribution in [3.05, 3.63) is 23.9 Å². The summed E-state index contributed by atoms with van der Waals surface area (Å²) >= 11 is 0. The van der Waals surface area contributed by atoms with Gasteiger partial charge in [0.2, 0.25) is 0 Å². The van der Waals surface area contributed by atoms with Crippen molar-refractivity contribution in [2.24, 2.45) is 5.92 Å². The molecule has 0 bridgehead atoms. The van der Waals surface area contributed by atoms with Gasteiger partial charge in [0.25, 0.3) is 0 Å². The van der Waals surface area contributed by atoms with Crippen LogP contribution in [0.5, 0.6) is 0 Å². The van der Waals surface area contributed by atoms with Gasteiger partial charge in [-0.1, -0.05) is 6.07 Å². The van der Waals surface area contributed by atoms with Crippen LogP contribution < -0.4 is 5.32 Å². The molecule has 1 aromatic heterocycles. The van der Waals surface area contributed by atoms with Gasteiger partial charge in [-0.05, 0) is 44.9 Å². The van der Waals surface area contributed by atoms with Gasteiger partial charge in [0, 0.05) is 24.8 Å². The number of hydrogen-bond acceptors (Lipinski definition) is 4. The summed E-state index contributed by atoms with van der Waals surface area (Å²) in [5.41, 5.74) is 1.04. The van der Waals surface area contributed by atoms with Gasteiger partial charge in [-0.2, -0.15) is 5.26 Å². The SMILES string of the molecule is Cc1cccc(NCC2CCN(C(C)CC#N)C2)n1. The van der Waals surface area contributed by atoms with E-state index < -0.39 is 0 Å². The second-order valence-corrected chi connectivity index (χ2v) is 5.41. The molecule has 2 rings (SSSR count). The molecule has 4 nitrogen and oxygen atoms in total. The van der Waals surface area contributed by atoms with Crippen molar-refractivity contribution < 1.29 is 0 Å². The minimum Gasteiger partial charge on any atom is -0.370 e. The molecule has 2 heterocycles. The lowest BCUT2D eigenvalue weighted by molar-refractivity contribution is 0.253. The molecule has 102 valence electrons. The molecule has 1 fully saturated rings. The Labute approximate surface area is 115 Å². The molecule has 1 N–H and O–H groups in total. The van der Waals surface area contributed by atoms with Gasteiger partial charge < -0.3 is 5.32 Å². The summed E-state index contributed by atoms with van der Waals surface area (Å²) in [6, 6.07) is 8.68. The smallest absolute Gasteiger partial charge is 0.126 e. The number of hydrogen-bond donors (Lipinski definition) is 1. The normalized spacial score (nSPS) is 21.0. The lowest BCUT2D eigenvalue weighted by Gasteiger charge is -2.22. The first kappa shape index (κ1) is 13.8. The van der Waals surface area contributed by atoms with Crippen LogP contribution in [-0.4, -0.2) is 35.6 Å². The van der Waals surface area contributed by atoms with Crippen molar-refractivity contribution in [1.82, 2.24) is 9.88 Å². The number of nitrogens with one attached hydrogen (secondary N) is 1. The highest BCUT2D eigenvalue weighted by Crippen LogP contribution is 2.20. The third-order valence-corrected chi connectivity index (χ3v) is 3.79. The summed E-state index contributed by atoms with van der Waals surface area (Å²) in [5.74, 6) is 1.62. The standard InChI is InChI=1S/C15H22N4/c1-12-4-3-5-15(18-12)17-10-14-7-9-19(11-14)13(2)6-8-16/h3-5,13-14H,6-7,9-11H2,1-2H3,(H,17,18). The Bertz CT molecular complexity index is 452. The minimum atomic E-state index is 0.382. The fraction of sp³-hybridized carbons (Fsp3) is 0.600. The highest BCUT2D eigenvalue weighted by molar-refractivity contribution is 5.35. The van der Waals surface area contributed by atoms with Gasteiger partial charge in [-0.25, -0.2) is 4.98 Å². The van der Waals surface area contributed by atoms with Crippen molar-refractivity contribution in [1.29, 1.82) is 5.26 Å². The number of aromatic nitrogens is 1. The summed E-state index contributed by atoms with van der Waals surface area (Å²) in [6.45, 7) is 7.30. The molecule has 1 aromatic rings. The van der Waals surface area contributed by atoms with Crippen molar-refractivity contribution in [2.45, 2.75) is 32.7 Å². The van der Waals surface area contributed by atoms with Gasteiger partial charge in [0.15, 0.2) is 0 Å². The number of anilines is 1. The molecule has 1 saturated heterocycles. The third-order valence-electron chi connectivity index (χ3n) is 3.79. The van der Waals surface area contributed by atoms with Gasteiger partial charge in [0.05, 0.1) is 12.5 Å². The molecule has 0 amide bonds. The first-order valence-corrected chi connectivity index (χ1v) is 6.97. The molecule has 0 saturated carbocycles. The van der Waals surface area contributed by atoms with Crippen LogP contribution in [0.3, 0.4) is 0 Å². The molecule has 2 atom stereocenters. The fourth-order valence-electron chi connectivity index (χ4n) is 2.58. The van der Waals surface area contributed by atoms with E-state index in [9.17, 15) is 0 Å². The van der Waals surface area contributed by atoms with Crippen LogP contribution in [-0.2, 0) is 0 Å². The lowest BCUT2D eigenvalue weighted by atomic mass is 10.1. The monoisotopic (exact) mass is 258 g/mol. The topological polar surface area (TPSA) is 52.0 Å². The summed E-state index contributed by atoms with van der Waals surface area (Å²) in [7, 11) is 0. The van der Waals surface area contributed by atoms with Gasteiger partial charge in [-0.3, -0.25) is 4.90 Å².